The summed E-state index contributed by atoms with van der Waals surface area (Å²) >= 11 is 0. The third kappa shape index (κ3) is 3.34. The fraction of sp³-hybridized carbons (Fsp3) is 0.636. The maximum Gasteiger partial charge on any atom is 0.237 e. The van der Waals surface area contributed by atoms with Gasteiger partial charge >= 0.3 is 0 Å². The van der Waals surface area contributed by atoms with E-state index in [0.29, 0.717) is 5.89 Å². The van der Waals surface area contributed by atoms with Crippen molar-refractivity contribution in [2.24, 2.45) is 5.73 Å². The Bertz CT molecular complexity index is 364. The van der Waals surface area contributed by atoms with Gasteiger partial charge in [0.2, 0.25) is 11.8 Å². The van der Waals surface area contributed by atoms with Crippen LogP contribution in [0.3, 0.4) is 0 Å². The summed E-state index contributed by atoms with van der Waals surface area (Å²) in [6.07, 6.45) is 1.69. The van der Waals surface area contributed by atoms with E-state index >= 15 is 0 Å². The summed E-state index contributed by atoms with van der Waals surface area (Å²) < 4.78 is 5.51. The lowest BCUT2D eigenvalue weighted by Gasteiger charge is -2.13. The van der Waals surface area contributed by atoms with Gasteiger partial charge in [0.15, 0.2) is 0 Å². The first-order chi connectivity index (χ1) is 7.30. The van der Waals surface area contributed by atoms with Crippen LogP contribution in [0.5, 0.6) is 0 Å². The predicted octanol–water partition coefficient (Wildman–Crippen LogP) is 0.935. The molecule has 0 spiro atoms. The van der Waals surface area contributed by atoms with Crippen LogP contribution in [0.2, 0.25) is 0 Å². The zero-order chi connectivity index (χ0) is 12.3. The Kier molecular flexibility index (Phi) is 3.70. The molecule has 1 rings (SSSR count). The molecule has 1 atom stereocenters. The van der Waals surface area contributed by atoms with E-state index in [9.17, 15) is 4.79 Å². The van der Waals surface area contributed by atoms with Crippen molar-refractivity contribution in [3.8, 4) is 0 Å². The van der Waals surface area contributed by atoms with Gasteiger partial charge in [0.25, 0.3) is 0 Å². The first-order valence-corrected chi connectivity index (χ1v) is 5.29. The molecule has 1 heterocycles. The van der Waals surface area contributed by atoms with E-state index in [4.69, 9.17) is 10.2 Å². The van der Waals surface area contributed by atoms with Crippen molar-refractivity contribution < 1.29 is 9.21 Å². The maximum absolute atomic E-state index is 11.2. The summed E-state index contributed by atoms with van der Waals surface area (Å²) in [6.45, 7) is 8.02. The Balaban J connectivity index is 2.57. The molecule has 1 aromatic rings. The van der Waals surface area contributed by atoms with Gasteiger partial charge in [-0.2, -0.15) is 0 Å². The number of hydrogen-bond acceptors (Lipinski definition) is 4. The molecule has 0 unspecified atom stereocenters. The van der Waals surface area contributed by atoms with Crippen LogP contribution in [-0.2, 0) is 16.8 Å². The van der Waals surface area contributed by atoms with Crippen LogP contribution in [0.1, 0.15) is 39.3 Å². The Morgan fingerprint density at radius 3 is 2.69 bits per heavy atom. The molecule has 0 bridgehead atoms. The number of amides is 1. The minimum atomic E-state index is -0.517. The molecule has 3 N–H and O–H groups in total. The Hall–Kier alpha value is -1.36. The third-order valence-electron chi connectivity index (χ3n) is 2.12. The SMILES string of the molecule is C[C@@H](N)C(=O)NCc1ncc(C(C)(C)C)o1. The number of nitrogens with two attached hydrogens (primary N) is 1. The van der Waals surface area contributed by atoms with Gasteiger partial charge < -0.3 is 15.5 Å². The second kappa shape index (κ2) is 4.65. The van der Waals surface area contributed by atoms with Gasteiger partial charge in [-0.1, -0.05) is 20.8 Å². The molecule has 0 aromatic carbocycles. The van der Waals surface area contributed by atoms with E-state index in [-0.39, 0.29) is 17.9 Å². The molecular weight excluding hydrogens is 206 g/mol. The summed E-state index contributed by atoms with van der Waals surface area (Å²) in [4.78, 5) is 15.3. The molecule has 0 saturated carbocycles. The van der Waals surface area contributed by atoms with E-state index in [0.717, 1.165) is 5.76 Å². The van der Waals surface area contributed by atoms with Gasteiger partial charge in [-0.15, -0.1) is 0 Å². The summed E-state index contributed by atoms with van der Waals surface area (Å²) in [6, 6.07) is -0.517. The van der Waals surface area contributed by atoms with Gasteiger partial charge in [0.1, 0.15) is 5.76 Å². The van der Waals surface area contributed by atoms with E-state index in [1.165, 1.54) is 0 Å². The fourth-order valence-electron chi connectivity index (χ4n) is 1.06. The quantitative estimate of drug-likeness (QED) is 0.802. The lowest BCUT2D eigenvalue weighted by molar-refractivity contribution is -0.122. The number of carbonyl (C=O) groups excluding carboxylic acids is 1. The largest absolute Gasteiger partial charge is 0.443 e. The zero-order valence-electron chi connectivity index (χ0n) is 10.2. The Labute approximate surface area is 95.4 Å². The number of hydrogen-bond donors (Lipinski definition) is 2. The molecule has 0 aliphatic rings. The highest BCUT2D eigenvalue weighted by Crippen LogP contribution is 2.22. The second-order valence-electron chi connectivity index (χ2n) is 4.87. The molecule has 1 aromatic heterocycles. The molecule has 1 amide bonds. The van der Waals surface area contributed by atoms with Gasteiger partial charge in [0.05, 0.1) is 18.8 Å². The highest BCUT2D eigenvalue weighted by molar-refractivity contribution is 5.80. The van der Waals surface area contributed by atoms with E-state index < -0.39 is 6.04 Å². The van der Waals surface area contributed by atoms with Crippen LogP contribution in [0.15, 0.2) is 10.6 Å². The minimum Gasteiger partial charge on any atom is -0.443 e. The predicted molar refractivity (Wildman–Crippen MR) is 60.7 cm³/mol. The molecule has 5 nitrogen and oxygen atoms in total. The van der Waals surface area contributed by atoms with E-state index in [1.807, 2.05) is 20.8 Å². The smallest absolute Gasteiger partial charge is 0.237 e. The summed E-state index contributed by atoms with van der Waals surface area (Å²) in [5, 5.41) is 2.64. The van der Waals surface area contributed by atoms with Crippen molar-refractivity contribution in [3.05, 3.63) is 17.8 Å². The maximum atomic E-state index is 11.2. The summed E-state index contributed by atoms with van der Waals surface area (Å²) in [5.74, 6) is 1.09. The van der Waals surface area contributed by atoms with Crippen LogP contribution in [0.25, 0.3) is 0 Å². The lowest BCUT2D eigenvalue weighted by Crippen LogP contribution is -2.37. The van der Waals surface area contributed by atoms with Crippen LogP contribution >= 0.6 is 0 Å². The van der Waals surface area contributed by atoms with Crippen molar-refractivity contribution in [1.82, 2.24) is 10.3 Å². The average Bonchev–Trinajstić information content (AvgIpc) is 2.61. The normalized spacial score (nSPS) is 13.6. The van der Waals surface area contributed by atoms with E-state index in [2.05, 4.69) is 10.3 Å². The number of nitrogens with zero attached hydrogens (tertiary/aromatic N) is 1. The molecule has 16 heavy (non-hydrogen) atoms. The van der Waals surface area contributed by atoms with Gasteiger partial charge in [-0.05, 0) is 6.92 Å². The number of nitrogens with one attached hydrogen (secondary N) is 1. The molecule has 0 radical (unpaired) electrons. The molecule has 0 aliphatic carbocycles. The zero-order valence-corrected chi connectivity index (χ0v) is 10.2. The van der Waals surface area contributed by atoms with Crippen molar-refractivity contribution in [1.29, 1.82) is 0 Å². The van der Waals surface area contributed by atoms with Crippen LogP contribution < -0.4 is 11.1 Å². The minimum absolute atomic E-state index is 0.0730. The molecular formula is C11H19N3O2. The highest BCUT2D eigenvalue weighted by atomic mass is 16.4. The molecule has 0 fully saturated rings. The van der Waals surface area contributed by atoms with Crippen molar-refractivity contribution in [3.63, 3.8) is 0 Å². The van der Waals surface area contributed by atoms with E-state index in [1.54, 1.807) is 13.1 Å². The molecule has 90 valence electrons. The average molecular weight is 225 g/mol. The monoisotopic (exact) mass is 225 g/mol. The second-order valence-corrected chi connectivity index (χ2v) is 4.87. The number of rotatable bonds is 3. The van der Waals surface area contributed by atoms with Crippen LogP contribution in [0, 0.1) is 0 Å². The number of oxazole rings is 1. The number of carbonyl (C=O) groups is 1. The first kappa shape index (κ1) is 12.7. The lowest BCUT2D eigenvalue weighted by atomic mass is 9.94. The molecule has 0 aliphatic heterocycles. The van der Waals surface area contributed by atoms with Gasteiger partial charge in [-0.25, -0.2) is 4.98 Å². The van der Waals surface area contributed by atoms with Crippen molar-refractivity contribution in [2.75, 3.05) is 0 Å². The topological polar surface area (TPSA) is 81.2 Å². The Morgan fingerprint density at radius 1 is 1.62 bits per heavy atom. The standard InChI is InChI=1S/C11H19N3O2/c1-7(12)10(15)14-6-9-13-5-8(16-9)11(2,3)4/h5,7H,6,12H2,1-4H3,(H,14,15)/t7-/m1/s1. The van der Waals surface area contributed by atoms with Gasteiger partial charge in [-0.3, -0.25) is 4.79 Å². The van der Waals surface area contributed by atoms with Crippen LogP contribution in [0.4, 0.5) is 0 Å². The summed E-state index contributed by atoms with van der Waals surface area (Å²) in [5.41, 5.74) is 5.34. The fourth-order valence-corrected chi connectivity index (χ4v) is 1.06. The molecule has 0 saturated heterocycles. The van der Waals surface area contributed by atoms with Crippen molar-refractivity contribution in [2.45, 2.75) is 45.7 Å². The van der Waals surface area contributed by atoms with Crippen molar-refractivity contribution >= 4 is 5.91 Å². The summed E-state index contributed by atoms with van der Waals surface area (Å²) in [7, 11) is 0. The number of aromatic nitrogens is 1. The highest BCUT2D eigenvalue weighted by Gasteiger charge is 2.19. The van der Waals surface area contributed by atoms with Crippen LogP contribution in [-0.4, -0.2) is 16.9 Å². The Morgan fingerprint density at radius 2 is 2.25 bits per heavy atom. The van der Waals surface area contributed by atoms with Gasteiger partial charge in [0, 0.05) is 5.41 Å². The third-order valence-corrected chi connectivity index (χ3v) is 2.12. The molecule has 5 heteroatoms. The first-order valence-electron chi connectivity index (χ1n) is 5.29.